The van der Waals surface area contributed by atoms with Crippen molar-refractivity contribution in [2.45, 2.75) is 12.5 Å². The SMILES string of the molecule is CNC(Cc1ccccc1F)c1cnc2ccccc2c1. The summed E-state index contributed by atoms with van der Waals surface area (Å²) in [7, 11) is 1.89. The van der Waals surface area contributed by atoms with Crippen molar-refractivity contribution >= 4 is 10.9 Å². The number of hydrogen-bond donors (Lipinski definition) is 1. The molecular formula is C18H17FN2. The largest absolute Gasteiger partial charge is 0.313 e. The van der Waals surface area contributed by atoms with Crippen molar-refractivity contribution in [3.8, 4) is 0 Å². The van der Waals surface area contributed by atoms with Gasteiger partial charge in [-0.1, -0.05) is 36.4 Å². The van der Waals surface area contributed by atoms with Crippen molar-refractivity contribution in [1.82, 2.24) is 10.3 Å². The van der Waals surface area contributed by atoms with Crippen LogP contribution in [0.1, 0.15) is 17.2 Å². The van der Waals surface area contributed by atoms with E-state index in [9.17, 15) is 4.39 Å². The summed E-state index contributed by atoms with van der Waals surface area (Å²) in [6.07, 6.45) is 2.47. The predicted octanol–water partition coefficient (Wildman–Crippen LogP) is 3.88. The van der Waals surface area contributed by atoms with Gasteiger partial charge in [-0.05, 0) is 42.8 Å². The first-order valence-corrected chi connectivity index (χ1v) is 7.03. The highest BCUT2D eigenvalue weighted by Crippen LogP contribution is 2.22. The molecule has 1 unspecified atom stereocenters. The number of fused-ring (bicyclic) bond motifs is 1. The van der Waals surface area contributed by atoms with E-state index < -0.39 is 0 Å². The molecule has 0 aliphatic rings. The van der Waals surface area contributed by atoms with Gasteiger partial charge in [0, 0.05) is 17.6 Å². The molecule has 0 radical (unpaired) electrons. The minimum atomic E-state index is -0.161. The van der Waals surface area contributed by atoms with Crippen LogP contribution in [0.2, 0.25) is 0 Å². The van der Waals surface area contributed by atoms with Crippen molar-refractivity contribution in [2.75, 3.05) is 7.05 Å². The minimum Gasteiger partial charge on any atom is -0.313 e. The van der Waals surface area contributed by atoms with Gasteiger partial charge in [0.25, 0.3) is 0 Å². The molecule has 3 aromatic rings. The zero-order valence-electron chi connectivity index (χ0n) is 11.9. The molecule has 0 aliphatic heterocycles. The number of benzene rings is 2. The molecule has 2 nitrogen and oxygen atoms in total. The summed E-state index contributed by atoms with van der Waals surface area (Å²) in [5.41, 5.74) is 2.76. The molecule has 1 atom stereocenters. The number of nitrogens with one attached hydrogen (secondary N) is 1. The Morgan fingerprint density at radius 2 is 1.86 bits per heavy atom. The van der Waals surface area contributed by atoms with Crippen molar-refractivity contribution in [3.05, 3.63) is 77.7 Å². The van der Waals surface area contributed by atoms with E-state index in [-0.39, 0.29) is 11.9 Å². The Labute approximate surface area is 123 Å². The van der Waals surface area contributed by atoms with Gasteiger partial charge in [0.15, 0.2) is 0 Å². The van der Waals surface area contributed by atoms with E-state index in [0.717, 1.165) is 16.5 Å². The lowest BCUT2D eigenvalue weighted by Gasteiger charge is -2.17. The summed E-state index contributed by atoms with van der Waals surface area (Å²) in [6, 6.07) is 17.1. The van der Waals surface area contributed by atoms with E-state index in [4.69, 9.17) is 0 Å². The first-order valence-electron chi connectivity index (χ1n) is 7.03. The first-order chi connectivity index (χ1) is 10.3. The highest BCUT2D eigenvalue weighted by molar-refractivity contribution is 5.78. The quantitative estimate of drug-likeness (QED) is 0.784. The highest BCUT2D eigenvalue weighted by atomic mass is 19.1. The average molecular weight is 280 g/mol. The van der Waals surface area contributed by atoms with Crippen molar-refractivity contribution in [1.29, 1.82) is 0 Å². The second-order valence-electron chi connectivity index (χ2n) is 5.10. The summed E-state index contributed by atoms with van der Waals surface area (Å²) in [5.74, 6) is -0.161. The van der Waals surface area contributed by atoms with Gasteiger partial charge in [-0.2, -0.15) is 0 Å². The lowest BCUT2D eigenvalue weighted by molar-refractivity contribution is 0.554. The zero-order chi connectivity index (χ0) is 14.7. The van der Waals surface area contributed by atoms with Crippen LogP contribution in [0, 0.1) is 5.82 Å². The molecule has 0 fully saturated rings. The van der Waals surface area contributed by atoms with Crippen molar-refractivity contribution in [2.24, 2.45) is 0 Å². The maximum absolute atomic E-state index is 13.8. The van der Waals surface area contributed by atoms with E-state index >= 15 is 0 Å². The van der Waals surface area contributed by atoms with Gasteiger partial charge in [-0.3, -0.25) is 4.98 Å². The van der Waals surface area contributed by atoms with Crippen LogP contribution in [0.4, 0.5) is 4.39 Å². The Balaban J connectivity index is 1.93. The number of aromatic nitrogens is 1. The third kappa shape index (κ3) is 2.93. The number of hydrogen-bond acceptors (Lipinski definition) is 2. The lowest BCUT2D eigenvalue weighted by Crippen LogP contribution is -2.19. The molecule has 1 heterocycles. The number of likely N-dealkylation sites (N-methyl/N-ethyl adjacent to an activating group) is 1. The first kappa shape index (κ1) is 13.7. The summed E-state index contributed by atoms with van der Waals surface area (Å²) in [5, 5.41) is 4.35. The molecule has 3 heteroatoms. The standard InChI is InChI=1S/C18H17FN2/c1-20-18(11-13-6-2-4-8-16(13)19)15-10-14-7-3-5-9-17(14)21-12-15/h2-10,12,18,20H,11H2,1H3. The predicted molar refractivity (Wildman–Crippen MR) is 83.6 cm³/mol. The average Bonchev–Trinajstić information content (AvgIpc) is 2.54. The minimum absolute atomic E-state index is 0.0407. The van der Waals surface area contributed by atoms with E-state index in [1.165, 1.54) is 6.07 Å². The fraction of sp³-hybridized carbons (Fsp3) is 0.167. The van der Waals surface area contributed by atoms with Crippen LogP contribution < -0.4 is 5.32 Å². The van der Waals surface area contributed by atoms with Crippen LogP contribution in [0.25, 0.3) is 10.9 Å². The molecular weight excluding hydrogens is 263 g/mol. The Bertz CT molecular complexity index is 755. The molecule has 0 saturated heterocycles. The summed E-state index contributed by atoms with van der Waals surface area (Å²) < 4.78 is 13.8. The Morgan fingerprint density at radius 3 is 2.67 bits per heavy atom. The molecule has 2 aromatic carbocycles. The zero-order valence-corrected chi connectivity index (χ0v) is 11.9. The van der Waals surface area contributed by atoms with Gasteiger partial charge in [-0.15, -0.1) is 0 Å². The Kier molecular flexibility index (Phi) is 3.93. The van der Waals surface area contributed by atoms with E-state index in [1.807, 2.05) is 49.6 Å². The molecule has 0 spiro atoms. The van der Waals surface area contributed by atoms with Crippen LogP contribution in [0.5, 0.6) is 0 Å². The van der Waals surface area contributed by atoms with E-state index in [0.29, 0.717) is 12.0 Å². The molecule has 0 aliphatic carbocycles. The molecule has 1 N–H and O–H groups in total. The van der Waals surface area contributed by atoms with E-state index in [1.54, 1.807) is 6.07 Å². The summed E-state index contributed by atoms with van der Waals surface area (Å²) >= 11 is 0. The Hall–Kier alpha value is -2.26. The van der Waals surface area contributed by atoms with Gasteiger partial charge in [0.05, 0.1) is 5.52 Å². The molecule has 1 aromatic heterocycles. The topological polar surface area (TPSA) is 24.9 Å². The molecule has 0 saturated carbocycles. The van der Waals surface area contributed by atoms with Crippen LogP contribution in [0.3, 0.4) is 0 Å². The number of rotatable bonds is 4. The normalized spacial score (nSPS) is 12.5. The third-order valence-corrected chi connectivity index (χ3v) is 3.74. The number of halogens is 1. The maximum Gasteiger partial charge on any atom is 0.126 e. The monoisotopic (exact) mass is 280 g/mol. The lowest BCUT2D eigenvalue weighted by atomic mass is 9.99. The van der Waals surface area contributed by atoms with Gasteiger partial charge < -0.3 is 5.32 Å². The van der Waals surface area contributed by atoms with Crippen molar-refractivity contribution in [3.63, 3.8) is 0 Å². The molecule has 3 rings (SSSR count). The highest BCUT2D eigenvalue weighted by Gasteiger charge is 2.13. The summed E-state index contributed by atoms with van der Waals surface area (Å²) in [4.78, 5) is 4.48. The molecule has 0 amide bonds. The fourth-order valence-corrected chi connectivity index (χ4v) is 2.55. The second-order valence-corrected chi connectivity index (χ2v) is 5.10. The number of pyridine rings is 1. The van der Waals surface area contributed by atoms with E-state index in [2.05, 4.69) is 16.4 Å². The van der Waals surface area contributed by atoms with Gasteiger partial charge >= 0.3 is 0 Å². The smallest absolute Gasteiger partial charge is 0.126 e. The van der Waals surface area contributed by atoms with Crippen molar-refractivity contribution < 1.29 is 4.39 Å². The summed E-state index contributed by atoms with van der Waals surface area (Å²) in [6.45, 7) is 0. The molecule has 21 heavy (non-hydrogen) atoms. The third-order valence-electron chi connectivity index (χ3n) is 3.74. The number of nitrogens with zero attached hydrogens (tertiary/aromatic N) is 1. The fourth-order valence-electron chi connectivity index (χ4n) is 2.55. The van der Waals surface area contributed by atoms with Crippen LogP contribution >= 0.6 is 0 Å². The van der Waals surface area contributed by atoms with Crippen LogP contribution in [-0.4, -0.2) is 12.0 Å². The van der Waals surface area contributed by atoms with Crippen LogP contribution in [0.15, 0.2) is 60.8 Å². The van der Waals surface area contributed by atoms with Gasteiger partial charge in [0.1, 0.15) is 5.82 Å². The molecule has 106 valence electrons. The number of para-hydroxylation sites is 1. The maximum atomic E-state index is 13.8. The second kappa shape index (κ2) is 6.02. The van der Waals surface area contributed by atoms with Crippen LogP contribution in [-0.2, 0) is 6.42 Å². The molecule has 0 bridgehead atoms. The van der Waals surface area contributed by atoms with Gasteiger partial charge in [-0.25, -0.2) is 4.39 Å². The Morgan fingerprint density at radius 1 is 1.10 bits per heavy atom. The van der Waals surface area contributed by atoms with Gasteiger partial charge in [0.2, 0.25) is 0 Å².